The van der Waals surface area contributed by atoms with Crippen LogP contribution >= 0.6 is 0 Å². The molecule has 0 aromatic heterocycles. The van der Waals surface area contributed by atoms with Gasteiger partial charge in [0.05, 0.1) is 13.2 Å². The van der Waals surface area contributed by atoms with Gasteiger partial charge in [0.1, 0.15) is 5.75 Å². The Kier molecular flexibility index (Phi) is 6.06. The first-order chi connectivity index (χ1) is 9.24. The molecule has 1 heterocycles. The zero-order valence-corrected chi connectivity index (χ0v) is 11.9. The Morgan fingerprint density at radius 2 is 2.11 bits per heavy atom. The highest BCUT2D eigenvalue weighted by Gasteiger charge is 2.27. The number of hydrogen-bond donors (Lipinski definition) is 0. The minimum Gasteiger partial charge on any atom is -0.484 e. The minimum atomic E-state index is -0.427. The third-order valence-corrected chi connectivity index (χ3v) is 2.80. The summed E-state index contributed by atoms with van der Waals surface area (Å²) in [7, 11) is 1.58. The van der Waals surface area contributed by atoms with Gasteiger partial charge in [-0.1, -0.05) is 32.0 Å². The van der Waals surface area contributed by atoms with E-state index in [9.17, 15) is 4.79 Å². The average molecular weight is 263 g/mol. The molecule has 1 aliphatic rings. The van der Waals surface area contributed by atoms with Crippen LogP contribution < -0.4 is 4.74 Å². The number of carbonyl (C=O) groups excluding carboxylic acids is 1. The SMILES string of the molecule is CC.COC(C)=NC1CC(C=O)Oc2ccccc21. The molecule has 4 nitrogen and oxygen atoms in total. The fourth-order valence-electron chi connectivity index (χ4n) is 1.90. The molecule has 2 unspecified atom stereocenters. The summed E-state index contributed by atoms with van der Waals surface area (Å²) in [5.74, 6) is 1.34. The number of fused-ring (bicyclic) bond motifs is 1. The van der Waals surface area contributed by atoms with Gasteiger partial charge in [0.25, 0.3) is 0 Å². The number of para-hydroxylation sites is 1. The van der Waals surface area contributed by atoms with Crippen molar-refractivity contribution in [3.05, 3.63) is 29.8 Å². The molecule has 0 aliphatic carbocycles. The second-order valence-corrected chi connectivity index (χ2v) is 3.93. The molecule has 0 saturated heterocycles. The highest BCUT2D eigenvalue weighted by atomic mass is 16.5. The van der Waals surface area contributed by atoms with Gasteiger partial charge in [-0.15, -0.1) is 0 Å². The molecule has 0 fully saturated rings. The van der Waals surface area contributed by atoms with Gasteiger partial charge in [-0.2, -0.15) is 0 Å². The van der Waals surface area contributed by atoms with E-state index in [0.29, 0.717) is 12.3 Å². The van der Waals surface area contributed by atoms with Crippen molar-refractivity contribution in [3.63, 3.8) is 0 Å². The van der Waals surface area contributed by atoms with E-state index in [1.165, 1.54) is 0 Å². The van der Waals surface area contributed by atoms with Gasteiger partial charge in [-0.3, -0.25) is 4.79 Å². The fourth-order valence-corrected chi connectivity index (χ4v) is 1.90. The summed E-state index contributed by atoms with van der Waals surface area (Å²) in [6.07, 6.45) is 0.949. The highest BCUT2D eigenvalue weighted by Crippen LogP contribution is 2.36. The van der Waals surface area contributed by atoms with Gasteiger partial charge in [0, 0.05) is 18.9 Å². The van der Waals surface area contributed by atoms with Crippen molar-refractivity contribution in [2.75, 3.05) is 7.11 Å². The summed E-state index contributed by atoms with van der Waals surface area (Å²) in [4.78, 5) is 15.3. The zero-order valence-electron chi connectivity index (χ0n) is 11.9. The van der Waals surface area contributed by atoms with Gasteiger partial charge >= 0.3 is 0 Å². The topological polar surface area (TPSA) is 47.9 Å². The van der Waals surface area contributed by atoms with E-state index >= 15 is 0 Å². The van der Waals surface area contributed by atoms with Gasteiger partial charge in [-0.25, -0.2) is 4.99 Å². The van der Waals surface area contributed by atoms with Crippen molar-refractivity contribution < 1.29 is 14.3 Å². The van der Waals surface area contributed by atoms with Crippen LogP contribution in [0.25, 0.3) is 0 Å². The lowest BCUT2D eigenvalue weighted by atomic mass is 9.97. The molecule has 1 aromatic rings. The van der Waals surface area contributed by atoms with Crippen LogP contribution in [-0.2, 0) is 9.53 Å². The van der Waals surface area contributed by atoms with E-state index < -0.39 is 6.10 Å². The second-order valence-electron chi connectivity index (χ2n) is 3.93. The van der Waals surface area contributed by atoms with Gasteiger partial charge in [-0.05, 0) is 6.07 Å². The number of nitrogens with zero attached hydrogens (tertiary/aromatic N) is 1. The molecule has 1 aliphatic heterocycles. The summed E-state index contributed by atoms with van der Waals surface area (Å²) in [5, 5.41) is 0. The first-order valence-corrected chi connectivity index (χ1v) is 6.54. The van der Waals surface area contributed by atoms with Crippen molar-refractivity contribution in [2.24, 2.45) is 4.99 Å². The normalized spacial score (nSPS) is 21.4. The summed E-state index contributed by atoms with van der Waals surface area (Å²) < 4.78 is 10.6. The first kappa shape index (κ1) is 15.2. The van der Waals surface area contributed by atoms with E-state index in [4.69, 9.17) is 9.47 Å². The Morgan fingerprint density at radius 1 is 1.42 bits per heavy atom. The molecule has 0 amide bonds. The van der Waals surface area contributed by atoms with Gasteiger partial charge in [0.15, 0.2) is 18.3 Å². The standard InChI is InChI=1S/C13H15NO3.C2H6/c1-9(16-2)14-12-7-10(8-15)17-13-6-4-3-5-11(12)13;1-2/h3-6,8,10,12H,7H2,1-2H3;1-2H3. The lowest BCUT2D eigenvalue weighted by Gasteiger charge is -2.27. The van der Waals surface area contributed by atoms with Crippen molar-refractivity contribution in [3.8, 4) is 5.75 Å². The van der Waals surface area contributed by atoms with Gasteiger partial charge < -0.3 is 9.47 Å². The lowest BCUT2D eigenvalue weighted by molar-refractivity contribution is -0.114. The number of carbonyl (C=O) groups is 1. The Morgan fingerprint density at radius 3 is 2.74 bits per heavy atom. The van der Waals surface area contributed by atoms with Crippen LogP contribution in [0.1, 0.15) is 38.8 Å². The third kappa shape index (κ3) is 3.81. The molecule has 19 heavy (non-hydrogen) atoms. The summed E-state index contributed by atoms with van der Waals surface area (Å²) >= 11 is 0. The number of methoxy groups -OCH3 is 1. The zero-order chi connectivity index (χ0) is 14.3. The number of benzene rings is 1. The van der Waals surface area contributed by atoms with E-state index in [2.05, 4.69) is 4.99 Å². The minimum absolute atomic E-state index is 0.0740. The largest absolute Gasteiger partial charge is 0.484 e. The monoisotopic (exact) mass is 263 g/mol. The van der Waals surface area contributed by atoms with E-state index in [-0.39, 0.29) is 6.04 Å². The van der Waals surface area contributed by atoms with Crippen LogP contribution in [0.2, 0.25) is 0 Å². The maximum absolute atomic E-state index is 10.9. The van der Waals surface area contributed by atoms with E-state index in [1.807, 2.05) is 38.1 Å². The van der Waals surface area contributed by atoms with Crippen LogP contribution in [0.15, 0.2) is 29.3 Å². The van der Waals surface area contributed by atoms with E-state index in [0.717, 1.165) is 17.6 Å². The van der Waals surface area contributed by atoms with Crippen molar-refractivity contribution in [2.45, 2.75) is 39.3 Å². The van der Waals surface area contributed by atoms with Crippen LogP contribution in [0, 0.1) is 0 Å². The predicted molar refractivity (Wildman–Crippen MR) is 75.7 cm³/mol. The second kappa shape index (κ2) is 7.56. The number of aldehydes is 1. The lowest BCUT2D eigenvalue weighted by Crippen LogP contribution is -2.26. The molecule has 0 radical (unpaired) electrons. The van der Waals surface area contributed by atoms with Crippen LogP contribution in [0.5, 0.6) is 5.75 Å². The van der Waals surface area contributed by atoms with Gasteiger partial charge in [0.2, 0.25) is 0 Å². The summed E-state index contributed by atoms with van der Waals surface area (Å²) in [5.41, 5.74) is 1.00. The quantitative estimate of drug-likeness (QED) is 0.468. The molecule has 1 aromatic carbocycles. The van der Waals surface area contributed by atoms with Crippen molar-refractivity contribution in [1.29, 1.82) is 0 Å². The number of hydrogen-bond acceptors (Lipinski definition) is 4. The molecule has 0 bridgehead atoms. The smallest absolute Gasteiger partial charge is 0.180 e. The highest BCUT2D eigenvalue weighted by molar-refractivity contribution is 5.73. The molecule has 0 spiro atoms. The molecule has 0 saturated carbocycles. The van der Waals surface area contributed by atoms with Crippen molar-refractivity contribution in [1.82, 2.24) is 0 Å². The third-order valence-electron chi connectivity index (χ3n) is 2.80. The maximum Gasteiger partial charge on any atom is 0.180 e. The molecular weight excluding hydrogens is 242 g/mol. The number of ether oxygens (including phenoxy) is 2. The van der Waals surface area contributed by atoms with Crippen LogP contribution in [0.4, 0.5) is 0 Å². The molecule has 4 heteroatoms. The summed E-state index contributed by atoms with van der Waals surface area (Å²) in [6.45, 7) is 5.80. The Balaban J connectivity index is 0.000000861. The predicted octanol–water partition coefficient (Wildman–Crippen LogP) is 3.17. The molecule has 2 rings (SSSR count). The molecular formula is C15H21NO3. The van der Waals surface area contributed by atoms with E-state index in [1.54, 1.807) is 14.0 Å². The fraction of sp³-hybridized carbons (Fsp3) is 0.467. The molecule has 2 atom stereocenters. The average Bonchev–Trinajstić information content (AvgIpc) is 2.48. The number of aliphatic imine (C=N–C) groups is 1. The molecule has 0 N–H and O–H groups in total. The summed E-state index contributed by atoms with van der Waals surface area (Å²) in [6, 6.07) is 7.57. The number of rotatable bonds is 2. The Labute approximate surface area is 114 Å². The first-order valence-electron chi connectivity index (χ1n) is 6.54. The Hall–Kier alpha value is -1.84. The molecule has 104 valence electrons. The van der Waals surface area contributed by atoms with Crippen molar-refractivity contribution >= 4 is 12.2 Å². The van der Waals surface area contributed by atoms with Crippen LogP contribution in [-0.4, -0.2) is 25.4 Å². The Bertz CT molecular complexity index is 443. The maximum atomic E-state index is 10.9. The van der Waals surface area contributed by atoms with Crippen LogP contribution in [0.3, 0.4) is 0 Å².